The van der Waals surface area contributed by atoms with Crippen molar-refractivity contribution in [3.8, 4) is 11.1 Å². The van der Waals surface area contributed by atoms with Gasteiger partial charge in [0.15, 0.2) is 0 Å². The van der Waals surface area contributed by atoms with Crippen LogP contribution in [0.15, 0.2) is 92.8 Å². The van der Waals surface area contributed by atoms with Gasteiger partial charge in [-0.2, -0.15) is 5.10 Å². The molecule has 0 aliphatic carbocycles. The Bertz CT molecular complexity index is 1300. The molecule has 5 nitrogen and oxygen atoms in total. The zero-order valence-electron chi connectivity index (χ0n) is 15.9. The largest absolute Gasteiger partial charge is 0.303 e. The molecule has 2 heterocycles. The third-order valence-corrected chi connectivity index (χ3v) is 7.62. The van der Waals surface area contributed by atoms with Crippen LogP contribution in [0.2, 0.25) is 0 Å². The predicted molar refractivity (Wildman–Crippen MR) is 119 cm³/mol. The van der Waals surface area contributed by atoms with Crippen molar-refractivity contribution >= 4 is 32.3 Å². The van der Waals surface area contributed by atoms with Crippen LogP contribution in [0.4, 0.5) is 0 Å². The second-order valence-corrected chi connectivity index (χ2v) is 9.58. The normalized spacial score (nSPS) is 18.9. The summed E-state index contributed by atoms with van der Waals surface area (Å²) < 4.78 is 25.6. The molecule has 0 amide bonds. The molecule has 0 saturated carbocycles. The molecule has 0 fully saturated rings. The van der Waals surface area contributed by atoms with E-state index in [1.807, 2.05) is 48.5 Å². The van der Waals surface area contributed by atoms with Gasteiger partial charge < -0.3 is 5.32 Å². The molecule has 30 heavy (non-hydrogen) atoms. The van der Waals surface area contributed by atoms with Crippen LogP contribution in [-0.2, 0) is 16.4 Å². The molecule has 0 spiro atoms. The lowest BCUT2D eigenvalue weighted by Crippen LogP contribution is -2.37. The monoisotopic (exact) mass is 435 g/mol. The highest BCUT2D eigenvalue weighted by Gasteiger charge is 2.33. The quantitative estimate of drug-likeness (QED) is 0.516. The van der Waals surface area contributed by atoms with Crippen molar-refractivity contribution < 1.29 is 8.42 Å². The van der Waals surface area contributed by atoms with Gasteiger partial charge in [-0.25, -0.2) is 8.42 Å². The minimum absolute atomic E-state index is 0.149. The van der Waals surface area contributed by atoms with Crippen LogP contribution in [0.1, 0.15) is 17.5 Å². The molecule has 7 heteroatoms. The number of benzene rings is 3. The van der Waals surface area contributed by atoms with Gasteiger partial charge in [-0.3, -0.25) is 0 Å². The molecule has 0 bridgehead atoms. The van der Waals surface area contributed by atoms with Crippen molar-refractivity contribution in [3.63, 3.8) is 0 Å². The zero-order chi connectivity index (χ0) is 20.7. The fourth-order valence-corrected chi connectivity index (χ4v) is 5.72. The van der Waals surface area contributed by atoms with Crippen molar-refractivity contribution in [3.05, 3.63) is 83.9 Å². The fraction of sp³-hybridized carbons (Fsp3) is 0.130. The van der Waals surface area contributed by atoms with Gasteiger partial charge in [-0.05, 0) is 29.3 Å². The highest BCUT2D eigenvalue weighted by atomic mass is 35.5. The standard InChI is InChI=1S/C23H18ClN3O2S/c24-23-20(25-14-15-6-2-1-3-7-15)13-19(26-27-23)16-10-11-22-18(12-16)17-8-4-5-9-21(17)30(22,28)29/h1-12,20,25H,13-14H2. The number of hydrogen-bond donors (Lipinski definition) is 1. The lowest BCUT2D eigenvalue weighted by atomic mass is 9.97. The summed E-state index contributed by atoms with van der Waals surface area (Å²) in [5.41, 5.74) is 4.21. The molecule has 2 aliphatic heterocycles. The number of nitrogens with zero attached hydrogens (tertiary/aromatic N) is 2. The summed E-state index contributed by atoms with van der Waals surface area (Å²) in [7, 11) is -3.47. The highest BCUT2D eigenvalue weighted by molar-refractivity contribution is 7.92. The summed E-state index contributed by atoms with van der Waals surface area (Å²) in [6.07, 6.45) is 0.572. The average Bonchev–Trinajstić information content (AvgIpc) is 3.01. The molecule has 3 aromatic carbocycles. The van der Waals surface area contributed by atoms with E-state index in [2.05, 4.69) is 15.5 Å². The summed E-state index contributed by atoms with van der Waals surface area (Å²) in [4.78, 5) is 0.690. The number of sulfone groups is 1. The Morgan fingerprint density at radius 2 is 1.63 bits per heavy atom. The number of halogens is 1. The van der Waals surface area contributed by atoms with Crippen LogP contribution in [0, 0.1) is 0 Å². The molecule has 0 saturated heterocycles. The fourth-order valence-electron chi connectivity index (χ4n) is 3.86. The third kappa shape index (κ3) is 3.27. The Labute approximate surface area is 180 Å². The molecule has 0 aromatic heterocycles. The molecule has 0 radical (unpaired) electrons. The van der Waals surface area contributed by atoms with Gasteiger partial charge in [0.2, 0.25) is 9.84 Å². The average molecular weight is 436 g/mol. The van der Waals surface area contributed by atoms with Crippen LogP contribution < -0.4 is 5.32 Å². The first-order valence-corrected chi connectivity index (χ1v) is 11.5. The third-order valence-electron chi connectivity index (χ3n) is 5.42. The molecule has 2 aliphatic rings. The Kier molecular flexibility index (Phi) is 4.77. The Morgan fingerprint density at radius 1 is 0.900 bits per heavy atom. The second kappa shape index (κ2) is 7.47. The van der Waals surface area contributed by atoms with Crippen molar-refractivity contribution in [2.24, 2.45) is 10.2 Å². The number of hydrogen-bond acceptors (Lipinski definition) is 5. The van der Waals surface area contributed by atoms with E-state index in [1.54, 1.807) is 24.3 Å². The summed E-state index contributed by atoms with van der Waals surface area (Å²) in [5, 5.41) is 12.3. The van der Waals surface area contributed by atoms with Gasteiger partial charge in [0.25, 0.3) is 0 Å². The van der Waals surface area contributed by atoms with Crippen molar-refractivity contribution in [2.75, 3.05) is 0 Å². The van der Waals surface area contributed by atoms with E-state index in [4.69, 9.17) is 11.6 Å². The molecule has 3 aromatic rings. The van der Waals surface area contributed by atoms with Gasteiger partial charge >= 0.3 is 0 Å². The summed E-state index contributed by atoms with van der Waals surface area (Å²) in [6, 6.07) is 22.4. The van der Waals surface area contributed by atoms with Gasteiger partial charge in [-0.1, -0.05) is 66.2 Å². The van der Waals surface area contributed by atoms with Crippen LogP contribution in [0.3, 0.4) is 0 Å². The smallest absolute Gasteiger partial charge is 0.207 e. The first-order valence-electron chi connectivity index (χ1n) is 9.60. The number of fused-ring (bicyclic) bond motifs is 3. The molecule has 1 unspecified atom stereocenters. The Hall–Kier alpha value is -2.80. The molecule has 5 rings (SSSR count). The molecule has 1 N–H and O–H groups in total. The molecule has 150 valence electrons. The second-order valence-electron chi connectivity index (χ2n) is 7.30. The SMILES string of the molecule is O=S1(=O)c2ccccc2-c2cc(C3=NN=C(Cl)C(NCc4ccccc4)C3)ccc21. The van der Waals surface area contributed by atoms with Gasteiger partial charge in [-0.15, -0.1) is 5.10 Å². The number of nitrogens with one attached hydrogen (secondary N) is 1. The van der Waals surface area contributed by atoms with E-state index in [-0.39, 0.29) is 6.04 Å². The van der Waals surface area contributed by atoms with Crippen LogP contribution in [-0.4, -0.2) is 25.3 Å². The molecule has 1 atom stereocenters. The van der Waals surface area contributed by atoms with Crippen LogP contribution in [0.5, 0.6) is 0 Å². The van der Waals surface area contributed by atoms with E-state index in [1.165, 1.54) is 0 Å². The maximum Gasteiger partial charge on any atom is 0.207 e. The maximum absolute atomic E-state index is 12.8. The summed E-state index contributed by atoms with van der Waals surface area (Å²) in [6.45, 7) is 0.667. The summed E-state index contributed by atoms with van der Waals surface area (Å²) >= 11 is 6.30. The lowest BCUT2D eigenvalue weighted by molar-refractivity contribution is 0.598. The first-order chi connectivity index (χ1) is 14.5. The number of rotatable bonds is 4. The van der Waals surface area contributed by atoms with E-state index < -0.39 is 9.84 Å². The van der Waals surface area contributed by atoms with Gasteiger partial charge in [0.1, 0.15) is 5.17 Å². The van der Waals surface area contributed by atoms with E-state index in [0.717, 1.165) is 22.4 Å². The van der Waals surface area contributed by atoms with Crippen LogP contribution in [0.25, 0.3) is 11.1 Å². The molecular formula is C23H18ClN3O2S. The highest BCUT2D eigenvalue weighted by Crippen LogP contribution is 2.43. The maximum atomic E-state index is 12.8. The van der Waals surface area contributed by atoms with Gasteiger partial charge in [0, 0.05) is 24.1 Å². The van der Waals surface area contributed by atoms with Gasteiger partial charge in [0.05, 0.1) is 21.5 Å². The first kappa shape index (κ1) is 19.2. The lowest BCUT2D eigenvalue weighted by Gasteiger charge is -2.21. The summed E-state index contributed by atoms with van der Waals surface area (Å²) in [5.74, 6) is 0. The van der Waals surface area contributed by atoms with E-state index in [9.17, 15) is 8.42 Å². The van der Waals surface area contributed by atoms with Crippen LogP contribution >= 0.6 is 11.6 Å². The zero-order valence-corrected chi connectivity index (χ0v) is 17.5. The topological polar surface area (TPSA) is 70.9 Å². The predicted octanol–water partition coefficient (Wildman–Crippen LogP) is 4.40. The Balaban J connectivity index is 1.43. The van der Waals surface area contributed by atoms with E-state index in [0.29, 0.717) is 33.5 Å². The van der Waals surface area contributed by atoms with Crippen molar-refractivity contribution in [2.45, 2.75) is 28.8 Å². The van der Waals surface area contributed by atoms with Crippen molar-refractivity contribution in [1.29, 1.82) is 0 Å². The minimum atomic E-state index is -3.47. The molecular weight excluding hydrogens is 418 g/mol. The Morgan fingerprint density at radius 3 is 2.47 bits per heavy atom. The van der Waals surface area contributed by atoms with E-state index >= 15 is 0 Å². The van der Waals surface area contributed by atoms with Crippen molar-refractivity contribution in [1.82, 2.24) is 5.32 Å². The minimum Gasteiger partial charge on any atom is -0.303 e.